The van der Waals surface area contributed by atoms with Gasteiger partial charge >= 0.3 is 0 Å². The number of anilines is 2. The summed E-state index contributed by atoms with van der Waals surface area (Å²) in [5.74, 6) is -1.21. The second-order valence-electron chi connectivity index (χ2n) is 11.8. The van der Waals surface area contributed by atoms with Gasteiger partial charge < -0.3 is 15.1 Å². The number of hydrogen-bond donors (Lipinski definition) is 1. The van der Waals surface area contributed by atoms with E-state index in [4.69, 9.17) is 0 Å². The minimum absolute atomic E-state index is 0.0232. The number of ketones is 1. The molecule has 36 heavy (non-hydrogen) atoms. The van der Waals surface area contributed by atoms with Gasteiger partial charge in [-0.25, -0.2) is 0 Å². The van der Waals surface area contributed by atoms with Crippen LogP contribution in [0.1, 0.15) is 33.3 Å². The van der Waals surface area contributed by atoms with Gasteiger partial charge in [0.2, 0.25) is 11.8 Å². The number of nitrogens with zero attached hydrogens (tertiary/aromatic N) is 2. The first-order valence-corrected chi connectivity index (χ1v) is 12.7. The van der Waals surface area contributed by atoms with E-state index in [1.807, 2.05) is 64.1 Å². The second kappa shape index (κ2) is 6.55. The highest BCUT2D eigenvalue weighted by Crippen LogP contribution is 2.72. The summed E-state index contributed by atoms with van der Waals surface area (Å²) in [5.41, 5.74) is 1.39. The van der Waals surface area contributed by atoms with Crippen LogP contribution in [0.15, 0.2) is 78.4 Å². The van der Waals surface area contributed by atoms with Crippen LogP contribution in [-0.2, 0) is 19.8 Å². The molecule has 3 aliphatic heterocycles. The summed E-state index contributed by atoms with van der Waals surface area (Å²) in [7, 11) is 0. The summed E-state index contributed by atoms with van der Waals surface area (Å²) in [6.07, 6.45) is 5.73. The van der Waals surface area contributed by atoms with Crippen LogP contribution in [0.2, 0.25) is 0 Å². The summed E-state index contributed by atoms with van der Waals surface area (Å²) in [5, 5.41) is 3.18. The maximum absolute atomic E-state index is 14.5. The van der Waals surface area contributed by atoms with Crippen molar-refractivity contribution in [3.8, 4) is 0 Å². The molecule has 2 aromatic rings. The Hall–Kier alpha value is -3.67. The maximum atomic E-state index is 14.5. The molecule has 2 amide bonds. The van der Waals surface area contributed by atoms with Crippen molar-refractivity contribution >= 4 is 29.0 Å². The molecular formula is C30H29N3O3. The van der Waals surface area contributed by atoms with E-state index in [2.05, 4.69) is 40.6 Å². The SMILES string of the molecule is CC1=CC(=O)N2[C@@H](C(=O)NC(C)(C)C)C34c5ccccc5N(c5ccccc5)[C@@H]3C3C=CC4C12C3=O. The third kappa shape index (κ3) is 2.18. The van der Waals surface area contributed by atoms with Gasteiger partial charge in [-0.15, -0.1) is 0 Å². The Kier molecular flexibility index (Phi) is 3.93. The third-order valence-electron chi connectivity index (χ3n) is 8.94. The van der Waals surface area contributed by atoms with Crippen LogP contribution in [0.3, 0.4) is 0 Å². The number of nitrogens with one attached hydrogen (secondary N) is 1. The second-order valence-corrected chi connectivity index (χ2v) is 11.8. The zero-order chi connectivity index (χ0) is 25.2. The zero-order valence-electron chi connectivity index (χ0n) is 20.9. The number of benzene rings is 2. The molecule has 2 fully saturated rings. The Morgan fingerprint density at radius 2 is 1.67 bits per heavy atom. The zero-order valence-corrected chi connectivity index (χ0v) is 20.9. The van der Waals surface area contributed by atoms with Gasteiger partial charge in [0.25, 0.3) is 0 Å². The van der Waals surface area contributed by atoms with Gasteiger partial charge in [-0.2, -0.15) is 0 Å². The summed E-state index contributed by atoms with van der Waals surface area (Å²) < 4.78 is 0. The van der Waals surface area contributed by atoms with Crippen molar-refractivity contribution < 1.29 is 14.4 Å². The van der Waals surface area contributed by atoms with Crippen LogP contribution in [0.4, 0.5) is 11.4 Å². The molecule has 1 N–H and O–H groups in total. The van der Waals surface area contributed by atoms with Gasteiger partial charge in [0, 0.05) is 28.9 Å². The molecule has 2 aromatic carbocycles. The summed E-state index contributed by atoms with van der Waals surface area (Å²) in [6, 6.07) is 17.1. The Labute approximate surface area is 210 Å². The fourth-order valence-electron chi connectivity index (χ4n) is 8.12. The molecule has 2 spiro atoms. The lowest BCUT2D eigenvalue weighted by atomic mass is 9.48. The molecule has 182 valence electrons. The number of Topliss-reactive ketones (excluding diaryl/α,β-unsaturated/α-hetero) is 1. The van der Waals surface area contributed by atoms with Crippen molar-refractivity contribution in [3.63, 3.8) is 0 Å². The van der Waals surface area contributed by atoms with Gasteiger partial charge in [-0.1, -0.05) is 48.6 Å². The molecule has 0 radical (unpaired) electrons. The highest BCUT2D eigenvalue weighted by atomic mass is 16.2. The molecule has 4 unspecified atom stereocenters. The van der Waals surface area contributed by atoms with Gasteiger partial charge in [-0.3, -0.25) is 14.4 Å². The molecule has 0 aromatic heterocycles. The van der Waals surface area contributed by atoms with Crippen LogP contribution in [0.5, 0.6) is 0 Å². The van der Waals surface area contributed by atoms with Crippen LogP contribution >= 0.6 is 0 Å². The lowest BCUT2D eigenvalue weighted by molar-refractivity contribution is -0.144. The van der Waals surface area contributed by atoms with Gasteiger partial charge in [0.1, 0.15) is 11.6 Å². The van der Waals surface area contributed by atoms with E-state index in [1.165, 1.54) is 0 Å². The predicted octanol–water partition coefficient (Wildman–Crippen LogP) is 3.65. The molecule has 1 saturated carbocycles. The fourth-order valence-corrected chi connectivity index (χ4v) is 8.12. The Morgan fingerprint density at radius 3 is 2.39 bits per heavy atom. The monoisotopic (exact) mass is 479 g/mol. The highest BCUT2D eigenvalue weighted by molar-refractivity contribution is 6.13. The van der Waals surface area contributed by atoms with E-state index in [0.717, 1.165) is 22.5 Å². The average molecular weight is 480 g/mol. The lowest BCUT2D eigenvalue weighted by Crippen LogP contribution is -2.68. The molecule has 4 bridgehead atoms. The Morgan fingerprint density at radius 1 is 0.972 bits per heavy atom. The fraction of sp³-hybridized carbons (Fsp3) is 0.367. The van der Waals surface area contributed by atoms with Crippen molar-refractivity contribution in [1.82, 2.24) is 10.2 Å². The Balaban J connectivity index is 1.57. The number of fused-ring (bicyclic) bond motifs is 1. The molecule has 6 nitrogen and oxygen atoms in total. The highest BCUT2D eigenvalue weighted by Gasteiger charge is 2.84. The standard InChI is InChI=1S/C30H29N3O3/c1-17-16-23(34)33-25(27(36)31-28(2,3)4)29-20-12-8-9-13-21(20)32(18-10-6-5-7-11-18)24(29)19-14-15-22(29)30(17,33)26(19)35/h5-16,19,22,24-25H,1-4H3,(H,31,36)/t19?,22?,24-,25+,29?,30?/m1/s1. The first-order chi connectivity index (χ1) is 17.1. The topological polar surface area (TPSA) is 69.7 Å². The lowest BCUT2D eigenvalue weighted by Gasteiger charge is -2.54. The Bertz CT molecular complexity index is 1420. The number of hydrogen-bond acceptors (Lipinski definition) is 4. The first-order valence-electron chi connectivity index (χ1n) is 12.7. The van der Waals surface area contributed by atoms with Crippen LogP contribution in [0.25, 0.3) is 0 Å². The number of carbonyl (C=O) groups excluding carboxylic acids is 3. The maximum Gasteiger partial charge on any atom is 0.248 e. The molecule has 6 aliphatic rings. The minimum Gasteiger partial charge on any atom is -0.350 e. The van der Waals surface area contributed by atoms with Crippen molar-refractivity contribution in [3.05, 3.63) is 84.0 Å². The van der Waals surface area contributed by atoms with E-state index < -0.39 is 28.5 Å². The molecule has 3 heterocycles. The van der Waals surface area contributed by atoms with Gasteiger partial charge in [-0.05, 0) is 57.0 Å². The normalized spacial score (nSPS) is 35.1. The van der Waals surface area contributed by atoms with E-state index >= 15 is 0 Å². The van der Waals surface area contributed by atoms with Gasteiger partial charge in [0.05, 0.1) is 17.4 Å². The molecular weight excluding hydrogens is 450 g/mol. The van der Waals surface area contributed by atoms with E-state index in [0.29, 0.717) is 0 Å². The van der Waals surface area contributed by atoms with Crippen molar-refractivity contribution in [2.75, 3.05) is 4.90 Å². The quantitative estimate of drug-likeness (QED) is 0.668. The van der Waals surface area contributed by atoms with Crippen LogP contribution < -0.4 is 10.2 Å². The first kappa shape index (κ1) is 21.6. The van der Waals surface area contributed by atoms with E-state index in [1.54, 1.807) is 11.0 Å². The number of para-hydroxylation sites is 2. The summed E-state index contributed by atoms with van der Waals surface area (Å²) >= 11 is 0. The molecule has 3 aliphatic carbocycles. The van der Waals surface area contributed by atoms with Crippen LogP contribution in [-0.4, -0.2) is 45.7 Å². The molecule has 1 saturated heterocycles. The van der Waals surface area contributed by atoms with E-state index in [9.17, 15) is 14.4 Å². The molecule has 6 atom stereocenters. The van der Waals surface area contributed by atoms with E-state index in [-0.39, 0.29) is 29.6 Å². The summed E-state index contributed by atoms with van der Waals surface area (Å²) in [6.45, 7) is 7.72. The van der Waals surface area contributed by atoms with Gasteiger partial charge in [0.15, 0.2) is 5.78 Å². The molecule has 6 heteroatoms. The number of carbonyl (C=O) groups is 3. The third-order valence-corrected chi connectivity index (χ3v) is 8.94. The largest absolute Gasteiger partial charge is 0.350 e. The summed E-state index contributed by atoms with van der Waals surface area (Å²) in [4.78, 5) is 46.3. The smallest absolute Gasteiger partial charge is 0.248 e. The van der Waals surface area contributed by atoms with Crippen molar-refractivity contribution in [2.24, 2.45) is 11.8 Å². The van der Waals surface area contributed by atoms with Crippen LogP contribution in [0, 0.1) is 11.8 Å². The van der Waals surface area contributed by atoms with Crippen molar-refractivity contribution in [1.29, 1.82) is 0 Å². The number of amides is 2. The predicted molar refractivity (Wildman–Crippen MR) is 137 cm³/mol. The van der Waals surface area contributed by atoms with Crippen molar-refractivity contribution in [2.45, 2.75) is 56.3 Å². The number of rotatable bonds is 2. The molecule has 8 rings (SSSR count). The average Bonchev–Trinajstić information content (AvgIpc) is 3.38. The minimum atomic E-state index is -1.12.